The summed E-state index contributed by atoms with van der Waals surface area (Å²) in [7, 11) is 0. The molecule has 1 fully saturated rings. The third-order valence-electron chi connectivity index (χ3n) is 4.28. The van der Waals surface area contributed by atoms with E-state index in [-0.39, 0.29) is 0 Å². The lowest BCUT2D eigenvalue weighted by Crippen LogP contribution is -2.40. The summed E-state index contributed by atoms with van der Waals surface area (Å²) in [4.78, 5) is 6.77. The Hall–Kier alpha value is -1.77. The molecule has 0 radical (unpaired) electrons. The summed E-state index contributed by atoms with van der Waals surface area (Å²) >= 11 is 0. The molecule has 0 saturated carbocycles. The normalized spacial score (nSPS) is 23.8. The lowest BCUT2D eigenvalue weighted by Gasteiger charge is -2.39. The number of aromatic nitrogens is 1. The molecule has 1 saturated heterocycles. The van der Waals surface area contributed by atoms with Gasteiger partial charge >= 0.3 is 0 Å². The molecule has 1 aliphatic rings. The zero-order valence-corrected chi connectivity index (χ0v) is 11.6. The highest BCUT2D eigenvalue weighted by Crippen LogP contribution is 2.34. The zero-order chi connectivity index (χ0) is 13.4. The molecule has 3 nitrogen and oxygen atoms in total. The number of nitrogen functional groups attached to an aromatic ring is 1. The van der Waals surface area contributed by atoms with Crippen molar-refractivity contribution < 1.29 is 0 Å². The number of hydrogen-bond donors (Lipinski definition) is 1. The largest absolute Gasteiger partial charge is 0.398 e. The molecule has 2 N–H and O–H groups in total. The summed E-state index contributed by atoms with van der Waals surface area (Å²) in [6, 6.07) is 6.75. The van der Waals surface area contributed by atoms with E-state index in [1.807, 2.05) is 24.5 Å². The minimum atomic E-state index is 0.579. The van der Waals surface area contributed by atoms with Gasteiger partial charge in [-0.1, -0.05) is 6.92 Å². The molecule has 1 aliphatic heterocycles. The van der Waals surface area contributed by atoms with Crippen molar-refractivity contribution in [2.75, 3.05) is 17.2 Å². The average molecular weight is 255 g/mol. The van der Waals surface area contributed by atoms with Crippen LogP contribution in [0.4, 0.5) is 11.4 Å². The lowest BCUT2D eigenvalue weighted by atomic mass is 9.92. The van der Waals surface area contributed by atoms with Crippen LogP contribution in [0.5, 0.6) is 0 Å². The molecule has 0 amide bonds. The first-order valence-corrected chi connectivity index (χ1v) is 7.05. The fourth-order valence-corrected chi connectivity index (χ4v) is 3.21. The van der Waals surface area contributed by atoms with E-state index in [9.17, 15) is 0 Å². The number of fused-ring (bicyclic) bond motifs is 1. The topological polar surface area (TPSA) is 42.1 Å². The van der Waals surface area contributed by atoms with Crippen LogP contribution in [0.25, 0.3) is 10.8 Å². The van der Waals surface area contributed by atoms with Crippen molar-refractivity contribution in [3.05, 3.63) is 30.6 Å². The molecule has 2 aromatic rings. The van der Waals surface area contributed by atoms with Gasteiger partial charge in [0.05, 0.1) is 0 Å². The van der Waals surface area contributed by atoms with Gasteiger partial charge in [0.1, 0.15) is 0 Å². The van der Waals surface area contributed by atoms with Crippen LogP contribution >= 0.6 is 0 Å². The van der Waals surface area contributed by atoms with Crippen LogP contribution in [0.1, 0.15) is 26.7 Å². The third kappa shape index (κ3) is 2.14. The molecule has 0 spiro atoms. The first kappa shape index (κ1) is 12.3. The highest BCUT2D eigenvalue weighted by molar-refractivity contribution is 6.00. The molecule has 1 aromatic carbocycles. The fourth-order valence-electron chi connectivity index (χ4n) is 3.21. The van der Waals surface area contributed by atoms with E-state index in [2.05, 4.69) is 29.8 Å². The summed E-state index contributed by atoms with van der Waals surface area (Å²) < 4.78 is 0. The van der Waals surface area contributed by atoms with Crippen molar-refractivity contribution in [1.29, 1.82) is 0 Å². The maximum atomic E-state index is 6.07. The van der Waals surface area contributed by atoms with Crippen LogP contribution in [0.2, 0.25) is 0 Å². The van der Waals surface area contributed by atoms with Crippen LogP contribution in [-0.2, 0) is 0 Å². The van der Waals surface area contributed by atoms with Crippen molar-refractivity contribution in [1.82, 2.24) is 4.98 Å². The van der Waals surface area contributed by atoms with Gasteiger partial charge in [-0.3, -0.25) is 4.98 Å². The summed E-state index contributed by atoms with van der Waals surface area (Å²) in [6.45, 7) is 5.78. The Morgan fingerprint density at radius 3 is 2.84 bits per heavy atom. The second-order valence-electron chi connectivity index (χ2n) is 5.77. The molecule has 0 aliphatic carbocycles. The number of hydrogen-bond acceptors (Lipinski definition) is 3. The minimum absolute atomic E-state index is 0.579. The van der Waals surface area contributed by atoms with Crippen LogP contribution in [0.3, 0.4) is 0 Å². The highest BCUT2D eigenvalue weighted by atomic mass is 15.2. The molecule has 3 rings (SSSR count). The van der Waals surface area contributed by atoms with Gasteiger partial charge in [0, 0.05) is 47.1 Å². The summed E-state index contributed by atoms with van der Waals surface area (Å²) in [6.07, 6.45) is 6.26. The molecule has 3 heteroatoms. The third-order valence-corrected chi connectivity index (χ3v) is 4.28. The van der Waals surface area contributed by atoms with E-state index in [4.69, 9.17) is 5.73 Å². The monoisotopic (exact) mass is 255 g/mol. The van der Waals surface area contributed by atoms with Crippen molar-refractivity contribution in [2.24, 2.45) is 5.92 Å². The standard InChI is InChI=1S/C16H21N3/c1-11-6-8-19(12(2)9-11)16-4-3-15(17)13-5-7-18-10-14(13)16/h3-5,7,10-12H,6,8-9,17H2,1-2H3. The van der Waals surface area contributed by atoms with E-state index in [1.165, 1.54) is 23.9 Å². The Morgan fingerprint density at radius 2 is 2.05 bits per heavy atom. The lowest BCUT2D eigenvalue weighted by molar-refractivity contribution is 0.378. The molecule has 2 unspecified atom stereocenters. The smallest absolute Gasteiger partial charge is 0.0465 e. The van der Waals surface area contributed by atoms with Crippen LogP contribution in [0, 0.1) is 5.92 Å². The number of anilines is 2. The quantitative estimate of drug-likeness (QED) is 0.794. The predicted molar refractivity (Wildman–Crippen MR) is 81.4 cm³/mol. The Morgan fingerprint density at radius 1 is 1.21 bits per heavy atom. The van der Waals surface area contributed by atoms with E-state index >= 15 is 0 Å². The number of benzene rings is 1. The summed E-state index contributed by atoms with van der Waals surface area (Å²) in [5.41, 5.74) is 8.17. The van der Waals surface area contributed by atoms with E-state index in [1.54, 1.807) is 0 Å². The molecule has 1 aromatic heterocycles. The maximum Gasteiger partial charge on any atom is 0.0465 e. The Bertz CT molecular complexity index is 594. The van der Waals surface area contributed by atoms with Crippen molar-refractivity contribution in [2.45, 2.75) is 32.7 Å². The van der Waals surface area contributed by atoms with Gasteiger partial charge in [-0.25, -0.2) is 0 Å². The predicted octanol–water partition coefficient (Wildman–Crippen LogP) is 3.44. The zero-order valence-electron chi connectivity index (χ0n) is 11.6. The summed E-state index contributed by atoms with van der Waals surface area (Å²) in [5.74, 6) is 0.824. The van der Waals surface area contributed by atoms with Gasteiger partial charge < -0.3 is 10.6 Å². The number of piperidine rings is 1. The Balaban J connectivity index is 2.08. The first-order chi connectivity index (χ1) is 9.16. The number of pyridine rings is 1. The molecular formula is C16H21N3. The van der Waals surface area contributed by atoms with Gasteiger partial charge in [-0.15, -0.1) is 0 Å². The van der Waals surface area contributed by atoms with Gasteiger partial charge in [0.2, 0.25) is 0 Å². The van der Waals surface area contributed by atoms with Crippen molar-refractivity contribution in [3.63, 3.8) is 0 Å². The van der Waals surface area contributed by atoms with E-state index in [0.29, 0.717) is 6.04 Å². The van der Waals surface area contributed by atoms with Gasteiger partial charge in [-0.05, 0) is 43.9 Å². The van der Waals surface area contributed by atoms with Crippen LogP contribution < -0.4 is 10.6 Å². The second kappa shape index (κ2) is 4.72. The van der Waals surface area contributed by atoms with Gasteiger partial charge in [0.15, 0.2) is 0 Å². The SMILES string of the molecule is CC1CCN(c2ccc(N)c3ccncc23)C(C)C1. The average Bonchev–Trinajstić information content (AvgIpc) is 2.41. The van der Waals surface area contributed by atoms with E-state index in [0.717, 1.165) is 23.5 Å². The Kier molecular flexibility index (Phi) is 3.05. The molecule has 2 atom stereocenters. The molecule has 100 valence electrons. The van der Waals surface area contributed by atoms with Gasteiger partial charge in [0.25, 0.3) is 0 Å². The first-order valence-electron chi connectivity index (χ1n) is 7.05. The van der Waals surface area contributed by atoms with Crippen molar-refractivity contribution in [3.8, 4) is 0 Å². The molecule has 2 heterocycles. The maximum absolute atomic E-state index is 6.07. The molecule has 0 bridgehead atoms. The fraction of sp³-hybridized carbons (Fsp3) is 0.438. The van der Waals surface area contributed by atoms with Crippen LogP contribution in [0.15, 0.2) is 30.6 Å². The van der Waals surface area contributed by atoms with E-state index < -0.39 is 0 Å². The number of nitrogens with zero attached hydrogens (tertiary/aromatic N) is 2. The summed E-state index contributed by atoms with van der Waals surface area (Å²) in [5, 5.41) is 2.28. The van der Waals surface area contributed by atoms with Gasteiger partial charge in [-0.2, -0.15) is 0 Å². The molecule has 19 heavy (non-hydrogen) atoms. The second-order valence-corrected chi connectivity index (χ2v) is 5.77. The number of rotatable bonds is 1. The molecular weight excluding hydrogens is 234 g/mol. The highest BCUT2D eigenvalue weighted by Gasteiger charge is 2.24. The van der Waals surface area contributed by atoms with Crippen LogP contribution in [-0.4, -0.2) is 17.6 Å². The number of nitrogens with two attached hydrogens (primary N) is 1. The Labute approximate surface area is 114 Å². The minimum Gasteiger partial charge on any atom is -0.398 e. The van der Waals surface area contributed by atoms with Crippen molar-refractivity contribution >= 4 is 22.1 Å².